The van der Waals surface area contributed by atoms with E-state index in [9.17, 15) is 9.59 Å². The number of hydrogen-bond donors (Lipinski definition) is 0. The van der Waals surface area contributed by atoms with Crippen molar-refractivity contribution in [1.82, 2.24) is 5.01 Å². The van der Waals surface area contributed by atoms with Gasteiger partial charge in [0.2, 0.25) is 5.91 Å². The maximum Gasteiger partial charge on any atom is 0.330 e. The van der Waals surface area contributed by atoms with Crippen LogP contribution in [-0.2, 0) is 14.3 Å². The lowest BCUT2D eigenvalue weighted by molar-refractivity contribution is -0.140. The van der Waals surface area contributed by atoms with Crippen molar-refractivity contribution in [1.29, 1.82) is 0 Å². The first-order chi connectivity index (χ1) is 6.63. The van der Waals surface area contributed by atoms with E-state index in [2.05, 4.69) is 11.7 Å². The van der Waals surface area contributed by atoms with Crippen molar-refractivity contribution in [3.63, 3.8) is 0 Å². The Bertz CT molecular complexity index is 296. The van der Waals surface area contributed by atoms with E-state index in [1.807, 2.05) is 0 Å². The van der Waals surface area contributed by atoms with Crippen molar-refractivity contribution in [2.24, 2.45) is 5.10 Å². The van der Waals surface area contributed by atoms with Crippen molar-refractivity contribution in [2.45, 2.75) is 13.3 Å². The molecule has 0 fully saturated rings. The Kier molecular flexibility index (Phi) is 3.39. The van der Waals surface area contributed by atoms with E-state index in [-0.39, 0.29) is 12.5 Å². The van der Waals surface area contributed by atoms with E-state index in [1.165, 1.54) is 5.01 Å². The number of hydrogen-bond acceptors (Lipinski definition) is 4. The van der Waals surface area contributed by atoms with Gasteiger partial charge in [0, 0.05) is 11.8 Å². The van der Waals surface area contributed by atoms with Gasteiger partial charge >= 0.3 is 5.97 Å². The number of ether oxygens (including phenoxy) is 1. The molecule has 76 valence electrons. The van der Waals surface area contributed by atoms with Gasteiger partial charge in [0.05, 0.1) is 13.0 Å². The van der Waals surface area contributed by atoms with Crippen LogP contribution in [0.15, 0.2) is 17.8 Å². The molecule has 0 radical (unpaired) electrons. The molecule has 1 rings (SSSR count). The summed E-state index contributed by atoms with van der Waals surface area (Å²) in [5.41, 5.74) is 0.782. The normalized spacial score (nSPS) is 15.4. The lowest BCUT2D eigenvalue weighted by Gasteiger charge is -2.10. The Morgan fingerprint density at radius 2 is 2.50 bits per heavy atom. The van der Waals surface area contributed by atoms with Crippen molar-refractivity contribution in [3.05, 3.63) is 12.7 Å². The summed E-state index contributed by atoms with van der Waals surface area (Å²) in [4.78, 5) is 21.8. The number of hydrazone groups is 1. The van der Waals surface area contributed by atoms with Gasteiger partial charge in [-0.05, 0) is 6.92 Å². The molecule has 1 amide bonds. The van der Waals surface area contributed by atoms with Crippen LogP contribution in [0, 0.1) is 0 Å². The third-order valence-electron chi connectivity index (χ3n) is 1.70. The monoisotopic (exact) mass is 196 g/mol. The molecule has 0 aromatic carbocycles. The Labute approximate surface area is 82.0 Å². The molecular formula is C9H12N2O3. The topological polar surface area (TPSA) is 59.0 Å². The Hall–Kier alpha value is -1.65. The molecular weight excluding hydrogens is 184 g/mol. The fourth-order valence-electron chi connectivity index (χ4n) is 1.07. The molecule has 1 aliphatic rings. The van der Waals surface area contributed by atoms with E-state index < -0.39 is 5.97 Å². The third kappa shape index (κ3) is 2.69. The third-order valence-corrected chi connectivity index (χ3v) is 1.70. The molecule has 0 aromatic rings. The van der Waals surface area contributed by atoms with Gasteiger partial charge in [-0.2, -0.15) is 5.10 Å². The van der Waals surface area contributed by atoms with Gasteiger partial charge in [-0.1, -0.05) is 6.58 Å². The molecule has 0 aromatic heterocycles. The number of nitrogens with zero attached hydrogens (tertiary/aromatic N) is 2. The molecule has 0 unspecified atom stereocenters. The van der Waals surface area contributed by atoms with Gasteiger partial charge in [-0.15, -0.1) is 0 Å². The van der Waals surface area contributed by atoms with Gasteiger partial charge in [-0.3, -0.25) is 4.79 Å². The highest BCUT2D eigenvalue weighted by Crippen LogP contribution is 2.06. The average molecular weight is 196 g/mol. The maximum atomic E-state index is 11.2. The first-order valence-corrected chi connectivity index (χ1v) is 4.27. The highest BCUT2D eigenvalue weighted by atomic mass is 16.5. The first-order valence-electron chi connectivity index (χ1n) is 4.27. The van der Waals surface area contributed by atoms with Crippen molar-refractivity contribution < 1.29 is 14.3 Å². The van der Waals surface area contributed by atoms with Gasteiger partial charge in [0.15, 0.2) is 0 Å². The lowest BCUT2D eigenvalue weighted by atomic mass is 10.3. The molecule has 0 N–H and O–H groups in total. The average Bonchev–Trinajstić information content (AvgIpc) is 2.45. The number of carbonyl (C=O) groups excluding carboxylic acids is 2. The summed E-state index contributed by atoms with van der Waals surface area (Å²) < 4.78 is 4.72. The quantitative estimate of drug-likeness (QED) is 0.480. The Morgan fingerprint density at radius 1 is 1.79 bits per heavy atom. The fourth-order valence-corrected chi connectivity index (χ4v) is 1.07. The van der Waals surface area contributed by atoms with Crippen LogP contribution in [0.3, 0.4) is 0 Å². The van der Waals surface area contributed by atoms with E-state index in [1.54, 1.807) is 6.92 Å². The minimum Gasteiger partial charge on any atom is -0.461 e. The molecule has 1 heterocycles. The van der Waals surface area contributed by atoms with Crippen LogP contribution in [0.4, 0.5) is 0 Å². The Morgan fingerprint density at radius 3 is 3.00 bits per heavy atom. The molecule has 0 aliphatic carbocycles. The first kappa shape index (κ1) is 10.4. The maximum absolute atomic E-state index is 11.2. The van der Waals surface area contributed by atoms with Crippen molar-refractivity contribution in [2.75, 3.05) is 13.2 Å². The molecule has 0 saturated carbocycles. The zero-order valence-corrected chi connectivity index (χ0v) is 8.02. The molecule has 5 heteroatoms. The zero-order valence-electron chi connectivity index (χ0n) is 8.02. The van der Waals surface area contributed by atoms with Crippen LogP contribution in [-0.4, -0.2) is 35.7 Å². The van der Waals surface area contributed by atoms with Gasteiger partial charge in [-0.25, -0.2) is 9.80 Å². The number of carbonyl (C=O) groups is 2. The summed E-state index contributed by atoms with van der Waals surface area (Å²) in [6.45, 7) is 5.49. The predicted molar refractivity (Wildman–Crippen MR) is 50.6 cm³/mol. The van der Waals surface area contributed by atoms with E-state index in [0.717, 1.165) is 11.8 Å². The second-order valence-electron chi connectivity index (χ2n) is 2.90. The number of rotatable bonds is 4. The second kappa shape index (κ2) is 4.55. The van der Waals surface area contributed by atoms with Crippen molar-refractivity contribution in [3.8, 4) is 0 Å². The van der Waals surface area contributed by atoms with Crippen LogP contribution >= 0.6 is 0 Å². The minimum absolute atomic E-state index is 0.0582. The van der Waals surface area contributed by atoms with Gasteiger partial charge < -0.3 is 4.74 Å². The largest absolute Gasteiger partial charge is 0.461 e. The number of esters is 1. The standard InChI is InChI=1S/C9H12N2O3/c1-3-9(13)14-5-4-11-8(12)6-7(2)10-11/h3H,1,4-6H2,2H3. The van der Waals surface area contributed by atoms with Crippen LogP contribution < -0.4 is 0 Å². The molecule has 0 bridgehead atoms. The molecule has 1 aliphatic heterocycles. The van der Waals surface area contributed by atoms with Crippen molar-refractivity contribution >= 4 is 17.6 Å². The Balaban J connectivity index is 2.28. The molecule has 5 nitrogen and oxygen atoms in total. The summed E-state index contributed by atoms with van der Waals surface area (Å²) in [5, 5.41) is 5.29. The highest BCUT2D eigenvalue weighted by Gasteiger charge is 2.20. The fraction of sp³-hybridized carbons (Fsp3) is 0.444. The minimum atomic E-state index is -0.489. The zero-order chi connectivity index (χ0) is 10.6. The van der Waals surface area contributed by atoms with Crippen LogP contribution in [0.2, 0.25) is 0 Å². The lowest BCUT2D eigenvalue weighted by Crippen LogP contribution is -2.25. The van der Waals surface area contributed by atoms with Gasteiger partial charge in [0.25, 0.3) is 0 Å². The second-order valence-corrected chi connectivity index (χ2v) is 2.90. The summed E-state index contributed by atoms with van der Waals surface area (Å²) in [7, 11) is 0. The smallest absolute Gasteiger partial charge is 0.330 e. The molecule has 0 spiro atoms. The molecule has 0 atom stereocenters. The predicted octanol–water partition coefficient (Wildman–Crippen LogP) is 0.324. The summed E-state index contributed by atoms with van der Waals surface area (Å²) in [5.74, 6) is -0.547. The summed E-state index contributed by atoms with van der Waals surface area (Å²) in [6, 6.07) is 0. The van der Waals surface area contributed by atoms with E-state index >= 15 is 0 Å². The van der Waals surface area contributed by atoms with Crippen LogP contribution in [0.1, 0.15) is 13.3 Å². The summed E-state index contributed by atoms with van der Waals surface area (Å²) >= 11 is 0. The molecule has 0 saturated heterocycles. The number of amides is 1. The summed E-state index contributed by atoms with van der Waals surface area (Å²) in [6.07, 6.45) is 1.44. The van der Waals surface area contributed by atoms with E-state index in [0.29, 0.717) is 13.0 Å². The van der Waals surface area contributed by atoms with Crippen LogP contribution in [0.25, 0.3) is 0 Å². The van der Waals surface area contributed by atoms with Gasteiger partial charge in [0.1, 0.15) is 6.61 Å². The van der Waals surface area contributed by atoms with E-state index in [4.69, 9.17) is 4.74 Å². The SMILES string of the molecule is C=CC(=O)OCCN1N=C(C)CC1=O. The molecule has 14 heavy (non-hydrogen) atoms. The van der Waals surface area contributed by atoms with Crippen LogP contribution in [0.5, 0.6) is 0 Å². The highest BCUT2D eigenvalue weighted by molar-refractivity contribution is 6.03.